The molecule has 0 aliphatic heterocycles. The summed E-state index contributed by atoms with van der Waals surface area (Å²) in [5, 5.41) is 13.5. The Balaban J connectivity index is 1.72. The highest BCUT2D eigenvalue weighted by Crippen LogP contribution is 2.41. The van der Waals surface area contributed by atoms with Crippen molar-refractivity contribution < 1.29 is 27.5 Å². The molecule has 1 saturated carbocycles. The van der Waals surface area contributed by atoms with E-state index in [1.165, 1.54) is 12.3 Å². The van der Waals surface area contributed by atoms with Gasteiger partial charge in [0.05, 0.1) is 11.8 Å². The van der Waals surface area contributed by atoms with Crippen molar-refractivity contribution in [2.45, 2.75) is 24.9 Å². The van der Waals surface area contributed by atoms with Crippen LogP contribution >= 0.6 is 0 Å². The van der Waals surface area contributed by atoms with Crippen LogP contribution in [0.4, 0.5) is 17.6 Å². The van der Waals surface area contributed by atoms with Gasteiger partial charge in [-0.1, -0.05) is 0 Å². The predicted octanol–water partition coefficient (Wildman–Crippen LogP) is 3.85. The largest absolute Gasteiger partial charge is 0.478 e. The molecule has 0 amide bonds. The van der Waals surface area contributed by atoms with Gasteiger partial charge in [0.15, 0.2) is 5.82 Å². The Bertz CT molecular complexity index is 1150. The van der Waals surface area contributed by atoms with Gasteiger partial charge < -0.3 is 5.11 Å². The van der Waals surface area contributed by atoms with E-state index in [0.717, 1.165) is 48.4 Å². The zero-order valence-electron chi connectivity index (χ0n) is 15.1. The Kier molecular flexibility index (Phi) is 4.80. The molecule has 154 valence electrons. The Labute approximate surface area is 166 Å². The zero-order chi connectivity index (χ0) is 21.5. The molecule has 3 heterocycles. The lowest BCUT2D eigenvalue weighted by Gasteiger charge is -2.09. The van der Waals surface area contributed by atoms with Crippen LogP contribution in [0.15, 0.2) is 36.9 Å². The summed E-state index contributed by atoms with van der Waals surface area (Å²) in [4.78, 5) is 22.9. The average Bonchev–Trinajstić information content (AvgIpc) is 3.43. The molecule has 1 aliphatic rings. The molecule has 30 heavy (non-hydrogen) atoms. The maximum Gasteiger partial charge on any atom is 0.433 e. The molecule has 0 saturated heterocycles. The average molecular weight is 419 g/mol. The number of aromatic nitrogens is 5. The third-order valence-electron chi connectivity index (χ3n) is 4.41. The smallest absolute Gasteiger partial charge is 0.433 e. The lowest BCUT2D eigenvalue weighted by atomic mass is 10.1. The molecule has 0 spiro atoms. The minimum atomic E-state index is -4.62. The number of nitrogens with zero attached hydrogens (tertiary/aromatic N) is 5. The second-order valence-corrected chi connectivity index (χ2v) is 6.73. The molecule has 1 fully saturated rings. The van der Waals surface area contributed by atoms with E-state index in [1.807, 2.05) is 0 Å². The molecule has 1 N–H and O–H groups in total. The van der Waals surface area contributed by atoms with Crippen LogP contribution < -0.4 is 0 Å². The summed E-state index contributed by atoms with van der Waals surface area (Å²) in [6, 6.07) is 3.35. The topological polar surface area (TPSA) is 93.8 Å². The molecule has 0 unspecified atom stereocenters. The summed E-state index contributed by atoms with van der Waals surface area (Å²) in [6.07, 6.45) is 1.22. The summed E-state index contributed by atoms with van der Waals surface area (Å²) in [5.74, 6) is -2.13. The second kappa shape index (κ2) is 7.32. The Morgan fingerprint density at radius 1 is 1.20 bits per heavy atom. The van der Waals surface area contributed by atoms with E-state index >= 15 is 0 Å². The van der Waals surface area contributed by atoms with E-state index in [-0.39, 0.29) is 28.4 Å². The molecular weight excluding hydrogens is 406 g/mol. The highest BCUT2D eigenvalue weighted by Gasteiger charge is 2.35. The van der Waals surface area contributed by atoms with Gasteiger partial charge in [-0.25, -0.2) is 23.8 Å². The number of rotatable bonds is 5. The van der Waals surface area contributed by atoms with Crippen molar-refractivity contribution in [1.82, 2.24) is 24.7 Å². The molecule has 3 aromatic rings. The van der Waals surface area contributed by atoms with Gasteiger partial charge in [0, 0.05) is 35.1 Å². The van der Waals surface area contributed by atoms with Crippen LogP contribution in [0.5, 0.6) is 0 Å². The Morgan fingerprint density at radius 3 is 2.60 bits per heavy atom. The zero-order valence-corrected chi connectivity index (χ0v) is 15.1. The fourth-order valence-electron chi connectivity index (χ4n) is 2.83. The molecule has 0 radical (unpaired) electrons. The van der Waals surface area contributed by atoms with Crippen molar-refractivity contribution in [2.24, 2.45) is 0 Å². The number of pyridine rings is 2. The molecule has 1 aliphatic carbocycles. The van der Waals surface area contributed by atoms with E-state index < -0.39 is 23.7 Å². The first-order chi connectivity index (χ1) is 14.2. The van der Waals surface area contributed by atoms with Gasteiger partial charge >= 0.3 is 12.1 Å². The highest BCUT2D eigenvalue weighted by molar-refractivity contribution is 6.19. The van der Waals surface area contributed by atoms with Gasteiger partial charge in [0.2, 0.25) is 0 Å². The summed E-state index contributed by atoms with van der Waals surface area (Å²) >= 11 is 0. The third kappa shape index (κ3) is 4.19. The third-order valence-corrected chi connectivity index (χ3v) is 4.41. The van der Waals surface area contributed by atoms with Crippen molar-refractivity contribution >= 4 is 17.7 Å². The minimum Gasteiger partial charge on any atom is -0.478 e. The number of halogens is 4. The first-order valence-corrected chi connectivity index (χ1v) is 8.77. The van der Waals surface area contributed by atoms with Gasteiger partial charge in [0.25, 0.3) is 0 Å². The monoisotopic (exact) mass is 419 g/mol. The molecule has 11 heteroatoms. The second-order valence-electron chi connectivity index (χ2n) is 6.73. The summed E-state index contributed by atoms with van der Waals surface area (Å²) < 4.78 is 54.1. The van der Waals surface area contributed by atoms with Gasteiger partial charge in [-0.05, 0) is 31.0 Å². The van der Waals surface area contributed by atoms with Crippen LogP contribution in [-0.4, -0.2) is 35.8 Å². The van der Waals surface area contributed by atoms with Crippen LogP contribution in [0.25, 0.3) is 23.2 Å². The first kappa shape index (κ1) is 19.7. The van der Waals surface area contributed by atoms with E-state index in [9.17, 15) is 27.5 Å². The first-order valence-electron chi connectivity index (χ1n) is 8.77. The van der Waals surface area contributed by atoms with Crippen LogP contribution in [0.1, 0.15) is 35.7 Å². The van der Waals surface area contributed by atoms with Gasteiger partial charge in [-0.2, -0.15) is 13.2 Å². The minimum absolute atomic E-state index is 0.00108. The van der Waals surface area contributed by atoms with Crippen molar-refractivity contribution in [3.05, 3.63) is 59.7 Å². The van der Waals surface area contributed by atoms with Crippen molar-refractivity contribution in [1.29, 1.82) is 0 Å². The summed E-state index contributed by atoms with van der Waals surface area (Å²) in [7, 11) is 0. The maximum atomic E-state index is 13.4. The molecule has 0 aromatic carbocycles. The molecule has 0 bridgehead atoms. The Hall–Kier alpha value is -3.63. The number of carboxylic acid groups (broad SMARTS) is 1. The number of aliphatic carboxylic acids is 1. The van der Waals surface area contributed by atoms with E-state index in [2.05, 4.69) is 20.1 Å². The fourth-order valence-corrected chi connectivity index (χ4v) is 2.83. The number of carbonyl (C=O) groups is 1. The maximum absolute atomic E-state index is 13.4. The fraction of sp³-hybridized carbons (Fsp3) is 0.211. The lowest BCUT2D eigenvalue weighted by molar-refractivity contribution is -0.141. The van der Waals surface area contributed by atoms with Gasteiger partial charge in [-0.15, -0.1) is 5.10 Å². The number of hydrogen-bond acceptors (Lipinski definition) is 5. The molecule has 3 aromatic heterocycles. The Morgan fingerprint density at radius 2 is 1.97 bits per heavy atom. The van der Waals surface area contributed by atoms with Crippen LogP contribution in [-0.2, 0) is 11.0 Å². The van der Waals surface area contributed by atoms with Crippen molar-refractivity contribution in [3.8, 4) is 11.4 Å². The molecule has 0 atom stereocenters. The normalized spacial score (nSPS) is 14.7. The quantitative estimate of drug-likeness (QED) is 0.499. The molecular formula is C19H13F4N5O2. The SMILES string of the molecule is O=C(O)/C(=C/n1cnc(-c2cc(C3CC3)nc(C(F)(F)F)c2)n1)c1cncc(F)c1. The molecule has 4 rings (SSSR count). The predicted molar refractivity (Wildman–Crippen MR) is 96.2 cm³/mol. The number of hydrogen-bond donors (Lipinski definition) is 1. The number of alkyl halides is 3. The van der Waals surface area contributed by atoms with Gasteiger partial charge in [-0.3, -0.25) is 4.98 Å². The van der Waals surface area contributed by atoms with E-state index in [4.69, 9.17) is 0 Å². The van der Waals surface area contributed by atoms with Crippen LogP contribution in [0.3, 0.4) is 0 Å². The van der Waals surface area contributed by atoms with E-state index in [1.54, 1.807) is 0 Å². The molecule has 7 nitrogen and oxygen atoms in total. The van der Waals surface area contributed by atoms with Crippen molar-refractivity contribution in [2.75, 3.05) is 0 Å². The standard InChI is InChI=1S/C19H13F4N5O2/c20-13-3-12(6-24-7-13)14(18(29)30)8-28-9-25-17(27-28)11-4-15(10-1-2-10)26-16(5-11)19(21,22)23/h3-10H,1-2H2,(H,29,30)/b14-8+. The van der Waals surface area contributed by atoms with Crippen molar-refractivity contribution in [3.63, 3.8) is 0 Å². The van der Waals surface area contributed by atoms with Crippen LogP contribution in [0, 0.1) is 5.82 Å². The lowest BCUT2D eigenvalue weighted by Crippen LogP contribution is -2.10. The summed E-state index contributed by atoms with van der Waals surface area (Å²) in [5.41, 5.74) is -0.910. The van der Waals surface area contributed by atoms with Gasteiger partial charge in [0.1, 0.15) is 17.8 Å². The summed E-state index contributed by atoms with van der Waals surface area (Å²) in [6.45, 7) is 0. The van der Waals surface area contributed by atoms with Crippen LogP contribution in [0.2, 0.25) is 0 Å². The highest BCUT2D eigenvalue weighted by atomic mass is 19.4. The van der Waals surface area contributed by atoms with E-state index in [0.29, 0.717) is 5.69 Å². The number of carboxylic acids is 1.